The Labute approximate surface area is 480 Å². The summed E-state index contributed by atoms with van der Waals surface area (Å²) in [5.74, 6) is 8.43. The summed E-state index contributed by atoms with van der Waals surface area (Å²) in [5.41, 5.74) is 3.14. The lowest BCUT2D eigenvalue weighted by atomic mass is 9.43. The van der Waals surface area contributed by atoms with Crippen LogP contribution in [0.5, 0.6) is 0 Å². The molecule has 0 aromatic heterocycles. The van der Waals surface area contributed by atoms with E-state index in [2.05, 4.69) is 71.2 Å². The molecule has 15 atom stereocenters. The van der Waals surface area contributed by atoms with Crippen LogP contribution in [0.1, 0.15) is 129 Å². The monoisotopic (exact) mass is 1130 g/mol. The smallest absolute Gasteiger partial charge is 0.340 e. The molecule has 5 aliphatic heterocycles. The van der Waals surface area contributed by atoms with Crippen molar-refractivity contribution >= 4 is 45.3 Å². The molecule has 1 saturated heterocycles. The predicted molar refractivity (Wildman–Crippen MR) is 308 cm³/mol. The van der Waals surface area contributed by atoms with Crippen LogP contribution in [0, 0.1) is 99.6 Å². The minimum atomic E-state index is -1.01. The maximum atomic E-state index is 15.7. The SMILES string of the molecule is CCC1(C=C2OC(=O)C3=C2CCC2C4CCC5(C6=CCC(C7C8C=CC9C#CC(CO)CC(CO)CC(C8)CC97)C(NCC(O)C7CCCCC7)SSCNC7=CC(=CCN7)C(CN7C(=O)C=CC7=O)C4=C5C(=O)O6)C32)CCCC1. The fraction of sp³-hybridized carbons (Fsp3) is 0.662. The lowest BCUT2D eigenvalue weighted by Gasteiger charge is -2.57. The van der Waals surface area contributed by atoms with Gasteiger partial charge in [-0.3, -0.25) is 14.5 Å². The van der Waals surface area contributed by atoms with Crippen molar-refractivity contribution in [3.8, 4) is 11.8 Å². The third kappa shape index (κ3) is 9.77. The van der Waals surface area contributed by atoms with Crippen LogP contribution < -0.4 is 16.0 Å². The molecular formula is C65H82N4O9S2. The van der Waals surface area contributed by atoms with Crippen LogP contribution in [-0.4, -0.2) is 94.2 Å². The lowest BCUT2D eigenvalue weighted by molar-refractivity contribution is -0.138. The molecule has 5 heterocycles. The molecule has 14 rings (SSSR count). The number of rotatable bonds is 11. The van der Waals surface area contributed by atoms with Crippen molar-refractivity contribution in [3.63, 3.8) is 0 Å². The topological polar surface area (TPSA) is 187 Å². The normalized spacial score (nSPS) is 39.1. The summed E-state index contributed by atoms with van der Waals surface area (Å²) in [6.07, 6.45) is 33.6. The van der Waals surface area contributed by atoms with Crippen LogP contribution in [0.15, 0.2) is 93.8 Å². The first-order valence-corrected chi connectivity index (χ1v) is 33.3. The van der Waals surface area contributed by atoms with E-state index in [1.54, 1.807) is 10.8 Å². The molecule has 428 valence electrons. The molecule has 6 N–H and O–H groups in total. The second kappa shape index (κ2) is 22.7. The van der Waals surface area contributed by atoms with Crippen molar-refractivity contribution in [3.05, 3.63) is 93.8 Å². The van der Waals surface area contributed by atoms with E-state index in [0.717, 1.165) is 112 Å². The maximum absolute atomic E-state index is 15.7. The van der Waals surface area contributed by atoms with Crippen molar-refractivity contribution in [2.45, 2.75) is 140 Å². The van der Waals surface area contributed by atoms with Crippen LogP contribution in [0.25, 0.3) is 0 Å². The Balaban J connectivity index is 0.980. The van der Waals surface area contributed by atoms with Crippen molar-refractivity contribution in [2.75, 3.05) is 38.7 Å². The molecule has 0 aromatic rings. The quantitative estimate of drug-likeness (QED) is 0.0378. The number of aliphatic hydroxyl groups excluding tert-OH is 3. The van der Waals surface area contributed by atoms with Gasteiger partial charge < -0.3 is 40.7 Å². The van der Waals surface area contributed by atoms with Gasteiger partial charge in [0.1, 0.15) is 11.5 Å². The van der Waals surface area contributed by atoms with Crippen molar-refractivity contribution < 1.29 is 44.0 Å². The summed E-state index contributed by atoms with van der Waals surface area (Å²) in [5, 5.41) is 44.4. The molecule has 0 radical (unpaired) electrons. The first-order chi connectivity index (χ1) is 39.0. The van der Waals surface area contributed by atoms with Crippen molar-refractivity contribution in [2.24, 2.45) is 87.8 Å². The number of carbonyl (C=O) groups is 4. The number of aliphatic hydroxyl groups is 3. The van der Waals surface area contributed by atoms with E-state index >= 15 is 9.59 Å². The third-order valence-electron chi connectivity index (χ3n) is 22.2. The lowest BCUT2D eigenvalue weighted by Crippen LogP contribution is -2.54. The van der Waals surface area contributed by atoms with Gasteiger partial charge in [0, 0.05) is 73.2 Å². The molecule has 15 unspecified atom stereocenters. The molecule has 4 saturated carbocycles. The number of imide groups is 1. The number of esters is 2. The van der Waals surface area contributed by atoms with Crippen LogP contribution in [0.3, 0.4) is 0 Å². The zero-order valence-corrected chi connectivity index (χ0v) is 48.1. The number of fused-ring (bicyclic) bond motifs is 4. The molecule has 13 nitrogen and oxygen atoms in total. The molecule has 14 aliphatic rings. The van der Waals surface area contributed by atoms with Gasteiger partial charge in [-0.1, -0.05) is 90.7 Å². The Kier molecular flexibility index (Phi) is 15.6. The Bertz CT molecular complexity index is 2820. The molecule has 15 heteroatoms. The van der Waals surface area contributed by atoms with Gasteiger partial charge in [0.2, 0.25) is 0 Å². The van der Waals surface area contributed by atoms with Gasteiger partial charge in [-0.2, -0.15) is 0 Å². The number of carbonyl (C=O) groups excluding carboxylic acids is 4. The number of ether oxygens (including phenoxy) is 2. The molecule has 10 bridgehead atoms. The Morgan fingerprint density at radius 1 is 0.875 bits per heavy atom. The average Bonchev–Trinajstić information content (AvgIpc) is 4.40. The van der Waals surface area contributed by atoms with Gasteiger partial charge >= 0.3 is 11.9 Å². The fourth-order valence-electron chi connectivity index (χ4n) is 18.5. The number of hydrogen-bond donors (Lipinski definition) is 6. The summed E-state index contributed by atoms with van der Waals surface area (Å²) in [4.78, 5) is 59.3. The van der Waals surface area contributed by atoms with E-state index in [9.17, 15) is 24.9 Å². The Morgan fingerprint density at radius 2 is 1.70 bits per heavy atom. The molecular weight excluding hydrogens is 1040 g/mol. The summed E-state index contributed by atoms with van der Waals surface area (Å²) in [7, 11) is 3.55. The fourth-order valence-corrected chi connectivity index (χ4v) is 21.0. The van der Waals surface area contributed by atoms with E-state index in [1.165, 1.54) is 23.5 Å². The largest absolute Gasteiger partial charge is 0.427 e. The summed E-state index contributed by atoms with van der Waals surface area (Å²) >= 11 is 0. The van der Waals surface area contributed by atoms with Crippen molar-refractivity contribution in [1.29, 1.82) is 0 Å². The van der Waals surface area contributed by atoms with Crippen LogP contribution in [0.2, 0.25) is 0 Å². The van der Waals surface area contributed by atoms with Gasteiger partial charge in [0.05, 0.1) is 40.8 Å². The number of nitrogens with one attached hydrogen (secondary N) is 3. The highest BCUT2D eigenvalue weighted by atomic mass is 33.1. The highest BCUT2D eigenvalue weighted by molar-refractivity contribution is 8.76. The standard InChI is InChI=1S/C65H82N4O9S2/c1-2-64(22-6-7-23-64)31-51-46-15-14-45-44-20-24-65(59(45)58(46)62(75)77-51)52-17-16-47(56-43-13-12-40-11-10-37(34-70)26-39(35-71)27-38(28-43)29-48(40)56)61(67-32-50(72)41-8-4-3-5-9-41)80-79-36-68-53-30-42(21-25-66-53)49(57(44)60(65)63(76)78-52)33-69-54(73)18-19-55(69)74/h12-13,17-19,21,30-31,37-41,43-45,47-50,56,59,61,66-68,70-72H,2-9,14-16,20,22-29,32-36H2,1H3. The maximum Gasteiger partial charge on any atom is 0.340 e. The number of hydrogen-bond acceptors (Lipinski definition) is 14. The number of dihydropyridines is 1. The molecule has 2 amide bonds. The third-order valence-corrected chi connectivity index (χ3v) is 24.7. The highest BCUT2D eigenvalue weighted by Crippen LogP contribution is 2.72. The molecule has 5 fully saturated rings. The minimum Gasteiger partial charge on any atom is -0.427 e. The Hall–Kier alpha value is -4.30. The van der Waals surface area contributed by atoms with Crippen molar-refractivity contribution in [1.82, 2.24) is 20.9 Å². The minimum absolute atomic E-state index is 0.0228. The summed E-state index contributed by atoms with van der Waals surface area (Å²) < 4.78 is 13.5. The van der Waals surface area contributed by atoms with Gasteiger partial charge in [-0.05, 0) is 178 Å². The Morgan fingerprint density at radius 3 is 2.49 bits per heavy atom. The molecule has 80 heavy (non-hydrogen) atoms. The van der Waals surface area contributed by atoms with Gasteiger partial charge in [-0.25, -0.2) is 9.59 Å². The van der Waals surface area contributed by atoms with Gasteiger partial charge in [0.25, 0.3) is 11.8 Å². The zero-order chi connectivity index (χ0) is 54.9. The van der Waals surface area contributed by atoms with Gasteiger partial charge in [-0.15, -0.1) is 0 Å². The zero-order valence-electron chi connectivity index (χ0n) is 46.5. The number of amides is 2. The van der Waals surface area contributed by atoms with E-state index in [0.29, 0.717) is 73.2 Å². The number of allylic oxidation sites excluding steroid dienone is 7. The van der Waals surface area contributed by atoms with E-state index in [4.69, 9.17) is 9.47 Å². The highest BCUT2D eigenvalue weighted by Gasteiger charge is 2.69. The van der Waals surface area contributed by atoms with E-state index in [1.807, 2.05) is 10.8 Å². The number of cyclic esters (lactones) is 1. The van der Waals surface area contributed by atoms with Gasteiger partial charge in [0.15, 0.2) is 0 Å². The van der Waals surface area contributed by atoms with Crippen LogP contribution in [0.4, 0.5) is 0 Å². The first-order valence-electron chi connectivity index (χ1n) is 30.9. The second-order valence-corrected chi connectivity index (χ2v) is 28.7. The average molecular weight is 1130 g/mol. The first kappa shape index (κ1) is 54.9. The van der Waals surface area contributed by atoms with Crippen LogP contribution in [-0.2, 0) is 28.7 Å². The van der Waals surface area contributed by atoms with E-state index < -0.39 is 23.4 Å². The van der Waals surface area contributed by atoms with Crippen LogP contribution >= 0.6 is 21.6 Å². The number of nitrogens with zero attached hydrogens (tertiary/aromatic N) is 1. The summed E-state index contributed by atoms with van der Waals surface area (Å²) in [6.45, 7) is 3.31. The van der Waals surface area contributed by atoms with E-state index in [-0.39, 0.29) is 113 Å². The molecule has 1 spiro atoms. The predicted octanol–water partition coefficient (Wildman–Crippen LogP) is 9.04. The molecule has 9 aliphatic carbocycles. The second-order valence-electron chi connectivity index (χ2n) is 26.2. The molecule has 0 aromatic carbocycles. The summed E-state index contributed by atoms with van der Waals surface area (Å²) in [6, 6.07) is 0.